The van der Waals surface area contributed by atoms with E-state index in [1.165, 1.54) is 29.1 Å². The lowest BCUT2D eigenvalue weighted by molar-refractivity contribution is 0.0954. The monoisotopic (exact) mass is 404 g/mol. The zero-order valence-electron chi connectivity index (χ0n) is 14.2. The molecule has 1 aromatic heterocycles. The first-order chi connectivity index (χ1) is 12.9. The molecule has 0 spiro atoms. The van der Waals surface area contributed by atoms with Gasteiger partial charge in [0.1, 0.15) is 5.82 Å². The number of benzene rings is 2. The van der Waals surface area contributed by atoms with Gasteiger partial charge in [-0.15, -0.1) is 11.3 Å². The molecule has 27 heavy (non-hydrogen) atoms. The normalized spacial score (nSPS) is 11.1. The Morgan fingerprint density at radius 1 is 1.00 bits per heavy atom. The molecule has 0 fully saturated rings. The quantitative estimate of drug-likeness (QED) is 0.631. The molecule has 0 unspecified atom stereocenters. The molecule has 0 aliphatic heterocycles. The molecule has 8 heteroatoms. The van der Waals surface area contributed by atoms with Crippen molar-refractivity contribution in [3.05, 3.63) is 82.3 Å². The van der Waals surface area contributed by atoms with Gasteiger partial charge in [0.25, 0.3) is 15.9 Å². The summed E-state index contributed by atoms with van der Waals surface area (Å²) in [6.45, 7) is 0.526. The van der Waals surface area contributed by atoms with Crippen LogP contribution in [0.2, 0.25) is 0 Å². The van der Waals surface area contributed by atoms with E-state index in [4.69, 9.17) is 0 Å². The molecule has 0 atom stereocenters. The molecule has 140 valence electrons. The van der Waals surface area contributed by atoms with Crippen LogP contribution in [-0.2, 0) is 16.4 Å². The van der Waals surface area contributed by atoms with E-state index in [-0.39, 0.29) is 10.8 Å². The average molecular weight is 404 g/mol. The molecule has 2 aromatic carbocycles. The molecule has 3 aromatic rings. The lowest BCUT2D eigenvalue weighted by Gasteiger charge is -2.09. The van der Waals surface area contributed by atoms with Crippen LogP contribution in [0.5, 0.6) is 0 Å². The van der Waals surface area contributed by atoms with E-state index in [9.17, 15) is 17.6 Å². The number of thiophene rings is 1. The molecule has 0 aliphatic rings. The van der Waals surface area contributed by atoms with Crippen molar-refractivity contribution < 1.29 is 17.6 Å². The highest BCUT2D eigenvalue weighted by molar-refractivity contribution is 7.92. The minimum Gasteiger partial charge on any atom is -0.352 e. The van der Waals surface area contributed by atoms with Crippen LogP contribution in [0.25, 0.3) is 0 Å². The maximum Gasteiger partial charge on any atom is 0.261 e. The molecule has 0 aliphatic carbocycles. The van der Waals surface area contributed by atoms with Crippen LogP contribution in [0, 0.1) is 5.82 Å². The molecule has 0 radical (unpaired) electrons. The Kier molecular flexibility index (Phi) is 5.88. The molecule has 5 nitrogen and oxygen atoms in total. The maximum atomic E-state index is 12.9. The summed E-state index contributed by atoms with van der Waals surface area (Å²) in [6, 6.07) is 14.6. The lowest BCUT2D eigenvalue weighted by atomic mass is 10.2. The largest absolute Gasteiger partial charge is 0.352 e. The van der Waals surface area contributed by atoms with Gasteiger partial charge in [0.05, 0.1) is 4.90 Å². The summed E-state index contributed by atoms with van der Waals surface area (Å²) in [7, 11) is -3.82. The van der Waals surface area contributed by atoms with Gasteiger partial charge in [0.2, 0.25) is 0 Å². The first-order valence-electron chi connectivity index (χ1n) is 8.13. The van der Waals surface area contributed by atoms with Crippen molar-refractivity contribution in [1.82, 2.24) is 5.32 Å². The van der Waals surface area contributed by atoms with E-state index >= 15 is 0 Å². The highest BCUT2D eigenvalue weighted by Gasteiger charge is 2.14. The third-order valence-electron chi connectivity index (χ3n) is 3.76. The Morgan fingerprint density at radius 3 is 2.33 bits per heavy atom. The SMILES string of the molecule is O=C(NCCc1cccs1)c1ccc(NS(=O)(=O)c2ccc(F)cc2)cc1. The van der Waals surface area contributed by atoms with Gasteiger partial charge in [-0.1, -0.05) is 6.07 Å². The lowest BCUT2D eigenvalue weighted by Crippen LogP contribution is -2.25. The Hall–Kier alpha value is -2.71. The van der Waals surface area contributed by atoms with Gasteiger partial charge in [-0.25, -0.2) is 12.8 Å². The van der Waals surface area contributed by atoms with Crippen molar-refractivity contribution in [2.75, 3.05) is 11.3 Å². The van der Waals surface area contributed by atoms with Crippen LogP contribution in [0.15, 0.2) is 70.9 Å². The number of carbonyl (C=O) groups excluding carboxylic acids is 1. The summed E-state index contributed by atoms with van der Waals surface area (Å²) >= 11 is 1.64. The summed E-state index contributed by atoms with van der Waals surface area (Å²) in [5.74, 6) is -0.733. The van der Waals surface area contributed by atoms with E-state index < -0.39 is 15.8 Å². The zero-order valence-corrected chi connectivity index (χ0v) is 15.8. The number of hydrogen-bond acceptors (Lipinski definition) is 4. The number of halogens is 1. The molecular weight excluding hydrogens is 387 g/mol. The number of amides is 1. The van der Waals surface area contributed by atoms with Gasteiger partial charge in [0, 0.05) is 22.7 Å². The number of sulfonamides is 1. The zero-order chi connectivity index (χ0) is 19.3. The molecule has 0 saturated heterocycles. The molecule has 2 N–H and O–H groups in total. The summed E-state index contributed by atoms with van der Waals surface area (Å²) in [6.07, 6.45) is 0.763. The smallest absolute Gasteiger partial charge is 0.261 e. The standard InChI is InChI=1S/C19H17FN2O3S2/c20-15-5-9-18(10-6-15)27(24,25)22-16-7-3-14(4-8-16)19(23)21-12-11-17-2-1-13-26-17/h1-10,13,22H,11-12H2,(H,21,23). The van der Waals surface area contributed by atoms with Crippen LogP contribution in [0.1, 0.15) is 15.2 Å². The van der Waals surface area contributed by atoms with Gasteiger partial charge in [-0.3, -0.25) is 9.52 Å². The van der Waals surface area contributed by atoms with Gasteiger partial charge in [0.15, 0.2) is 0 Å². The first kappa shape index (κ1) is 19.1. The van der Waals surface area contributed by atoms with Crippen LogP contribution < -0.4 is 10.0 Å². The van der Waals surface area contributed by atoms with Crippen LogP contribution >= 0.6 is 11.3 Å². The number of rotatable bonds is 7. The van der Waals surface area contributed by atoms with Crippen molar-refractivity contribution in [1.29, 1.82) is 0 Å². The predicted octanol–water partition coefficient (Wildman–Crippen LogP) is 3.66. The Labute approximate surface area is 160 Å². The van der Waals surface area contributed by atoms with Crippen molar-refractivity contribution >= 4 is 33.0 Å². The van der Waals surface area contributed by atoms with E-state index in [1.54, 1.807) is 23.5 Å². The average Bonchev–Trinajstić information content (AvgIpc) is 3.16. The number of nitrogens with one attached hydrogen (secondary N) is 2. The Bertz CT molecular complexity index is 1000. The Balaban J connectivity index is 1.59. The summed E-state index contributed by atoms with van der Waals surface area (Å²) in [5, 5.41) is 4.82. The summed E-state index contributed by atoms with van der Waals surface area (Å²) < 4.78 is 39.9. The summed E-state index contributed by atoms with van der Waals surface area (Å²) in [5.41, 5.74) is 0.750. The molecule has 0 bridgehead atoms. The minimum atomic E-state index is -3.82. The van der Waals surface area contributed by atoms with Crippen LogP contribution in [0.4, 0.5) is 10.1 Å². The maximum absolute atomic E-state index is 12.9. The van der Waals surface area contributed by atoms with E-state index in [1.807, 2.05) is 17.5 Å². The number of anilines is 1. The van der Waals surface area contributed by atoms with Gasteiger partial charge in [-0.2, -0.15) is 0 Å². The van der Waals surface area contributed by atoms with E-state index in [2.05, 4.69) is 10.0 Å². The minimum absolute atomic E-state index is 0.0423. The van der Waals surface area contributed by atoms with Crippen molar-refractivity contribution in [3.63, 3.8) is 0 Å². The molecule has 0 saturated carbocycles. The Morgan fingerprint density at radius 2 is 1.70 bits per heavy atom. The fourth-order valence-corrected chi connectivity index (χ4v) is 4.14. The summed E-state index contributed by atoms with van der Waals surface area (Å²) in [4.78, 5) is 13.3. The number of carbonyl (C=O) groups is 1. The fraction of sp³-hybridized carbons (Fsp3) is 0.105. The third kappa shape index (κ3) is 5.15. The highest BCUT2D eigenvalue weighted by Crippen LogP contribution is 2.17. The van der Waals surface area contributed by atoms with Crippen molar-refractivity contribution in [3.8, 4) is 0 Å². The van der Waals surface area contributed by atoms with Gasteiger partial charge >= 0.3 is 0 Å². The molecular formula is C19H17FN2O3S2. The second-order valence-electron chi connectivity index (χ2n) is 5.72. The molecule has 1 amide bonds. The number of hydrogen-bond donors (Lipinski definition) is 2. The van der Waals surface area contributed by atoms with Crippen LogP contribution in [-0.4, -0.2) is 20.9 Å². The van der Waals surface area contributed by atoms with Gasteiger partial charge in [-0.05, 0) is 66.4 Å². The third-order valence-corrected chi connectivity index (χ3v) is 6.09. The fourth-order valence-electron chi connectivity index (χ4n) is 2.37. The van der Waals surface area contributed by atoms with Crippen molar-refractivity contribution in [2.45, 2.75) is 11.3 Å². The first-order valence-corrected chi connectivity index (χ1v) is 10.5. The second-order valence-corrected chi connectivity index (χ2v) is 8.44. The molecule has 3 rings (SSSR count). The van der Waals surface area contributed by atoms with E-state index in [0.29, 0.717) is 17.8 Å². The predicted molar refractivity (Wildman–Crippen MR) is 104 cm³/mol. The van der Waals surface area contributed by atoms with Crippen molar-refractivity contribution in [2.24, 2.45) is 0 Å². The highest BCUT2D eigenvalue weighted by atomic mass is 32.2. The second kappa shape index (κ2) is 8.32. The topological polar surface area (TPSA) is 75.3 Å². The van der Waals surface area contributed by atoms with Crippen LogP contribution in [0.3, 0.4) is 0 Å². The van der Waals surface area contributed by atoms with Gasteiger partial charge < -0.3 is 5.32 Å². The molecule has 1 heterocycles. The van der Waals surface area contributed by atoms with E-state index in [0.717, 1.165) is 18.6 Å².